The lowest BCUT2D eigenvalue weighted by Gasteiger charge is -2.23. The van der Waals surface area contributed by atoms with Crippen LogP contribution in [0.4, 0.5) is 5.13 Å². The molecule has 1 atom stereocenters. The number of carbonyl (C=O) groups is 2. The maximum absolute atomic E-state index is 13.7. The quantitative estimate of drug-likeness (QED) is 0.323. The number of hydrogen-bond donors (Lipinski definition) is 1. The highest BCUT2D eigenvalue weighted by Crippen LogP contribution is 2.47. The van der Waals surface area contributed by atoms with Crippen molar-refractivity contribution in [2.24, 2.45) is 0 Å². The lowest BCUT2D eigenvalue weighted by molar-refractivity contribution is -0.117. The Hall–Kier alpha value is -3.08. The third-order valence-electron chi connectivity index (χ3n) is 5.58. The first-order valence-corrected chi connectivity index (χ1v) is 13.1. The number of rotatable bonds is 6. The van der Waals surface area contributed by atoms with E-state index < -0.39 is 17.7 Å². The van der Waals surface area contributed by atoms with Crippen LogP contribution in [0, 0.1) is 20.8 Å². The van der Waals surface area contributed by atoms with Crippen LogP contribution < -0.4 is 9.64 Å². The molecular weight excluding hydrogens is 490 g/mol. The highest BCUT2D eigenvalue weighted by atomic mass is 32.1. The number of benzene rings is 1. The van der Waals surface area contributed by atoms with Gasteiger partial charge in [0, 0.05) is 4.88 Å². The average Bonchev–Trinajstić information content (AvgIpc) is 3.54. The molecule has 7 nitrogen and oxygen atoms in total. The van der Waals surface area contributed by atoms with E-state index in [-0.39, 0.29) is 11.4 Å². The Morgan fingerprint density at radius 1 is 1.18 bits per heavy atom. The van der Waals surface area contributed by atoms with Crippen molar-refractivity contribution in [2.75, 3.05) is 11.5 Å². The number of ether oxygens (including phenoxy) is 1. The van der Waals surface area contributed by atoms with Gasteiger partial charge in [-0.2, -0.15) is 0 Å². The molecule has 1 aliphatic rings. The third-order valence-corrected chi connectivity index (χ3v) is 8.74. The molecule has 0 saturated carbocycles. The molecule has 1 unspecified atom stereocenters. The van der Waals surface area contributed by atoms with Gasteiger partial charge in [-0.25, -0.2) is 9.97 Å². The fourth-order valence-corrected chi connectivity index (χ4v) is 6.98. The molecule has 34 heavy (non-hydrogen) atoms. The highest BCUT2D eigenvalue weighted by Gasteiger charge is 2.47. The van der Waals surface area contributed by atoms with Crippen molar-refractivity contribution in [2.45, 2.75) is 33.7 Å². The van der Waals surface area contributed by atoms with Gasteiger partial charge in [-0.1, -0.05) is 11.3 Å². The number of anilines is 1. The van der Waals surface area contributed by atoms with E-state index in [2.05, 4.69) is 9.97 Å². The molecular formula is C24H21N3O4S3. The van der Waals surface area contributed by atoms with E-state index in [4.69, 9.17) is 4.74 Å². The van der Waals surface area contributed by atoms with Crippen molar-refractivity contribution in [3.63, 3.8) is 0 Å². The molecule has 0 radical (unpaired) electrons. The smallest absolute Gasteiger partial charge is 0.296 e. The molecule has 0 fully saturated rings. The Kier molecular flexibility index (Phi) is 5.75. The van der Waals surface area contributed by atoms with Crippen molar-refractivity contribution >= 4 is 61.0 Å². The Morgan fingerprint density at radius 2 is 1.97 bits per heavy atom. The molecule has 1 N–H and O–H groups in total. The van der Waals surface area contributed by atoms with E-state index in [1.54, 1.807) is 6.92 Å². The van der Waals surface area contributed by atoms with Gasteiger partial charge in [0.2, 0.25) is 5.78 Å². The molecule has 0 spiro atoms. The van der Waals surface area contributed by atoms with Crippen LogP contribution in [0.5, 0.6) is 5.75 Å². The normalized spacial score (nSPS) is 16.2. The summed E-state index contributed by atoms with van der Waals surface area (Å²) in [5, 5.41) is 14.1. The fraction of sp³-hybridized carbons (Fsp3) is 0.250. The molecule has 174 valence electrons. The van der Waals surface area contributed by atoms with Gasteiger partial charge in [-0.05, 0) is 62.9 Å². The standard InChI is InChI=1S/C24H21N3O4S3/c1-5-31-14-6-7-15-16(10-14)34-24(26-15)27-18(21-11(2)8-9-32-21)17(20(29)23(27)30)19(28)22-12(3)25-13(4)33-22/h6-10,18,29H,5H2,1-4H3. The molecule has 10 heteroatoms. The molecule has 0 bridgehead atoms. The van der Waals surface area contributed by atoms with E-state index in [0.29, 0.717) is 27.8 Å². The molecule has 0 aliphatic carbocycles. The number of ketones is 1. The van der Waals surface area contributed by atoms with Crippen LogP contribution >= 0.6 is 34.0 Å². The average molecular weight is 512 g/mol. The van der Waals surface area contributed by atoms with Gasteiger partial charge in [0.15, 0.2) is 10.9 Å². The number of aromatic nitrogens is 2. The van der Waals surface area contributed by atoms with Crippen molar-refractivity contribution in [1.82, 2.24) is 9.97 Å². The zero-order valence-electron chi connectivity index (χ0n) is 18.9. The van der Waals surface area contributed by atoms with Gasteiger partial charge in [-0.15, -0.1) is 22.7 Å². The first kappa shape index (κ1) is 22.7. The van der Waals surface area contributed by atoms with Crippen molar-refractivity contribution in [3.8, 4) is 5.75 Å². The van der Waals surface area contributed by atoms with E-state index in [0.717, 1.165) is 25.9 Å². The topological polar surface area (TPSA) is 92.6 Å². The van der Waals surface area contributed by atoms with Crippen LogP contribution in [0.2, 0.25) is 0 Å². The Morgan fingerprint density at radius 3 is 2.62 bits per heavy atom. The number of thiophene rings is 1. The Bertz CT molecular complexity index is 1480. The van der Waals surface area contributed by atoms with Crippen molar-refractivity contribution < 1.29 is 19.4 Å². The largest absolute Gasteiger partial charge is 0.503 e. The summed E-state index contributed by atoms with van der Waals surface area (Å²) in [6, 6.07) is 6.73. The molecule has 0 saturated heterocycles. The zero-order valence-corrected chi connectivity index (χ0v) is 21.4. The summed E-state index contributed by atoms with van der Waals surface area (Å²) in [4.78, 5) is 38.8. The van der Waals surface area contributed by atoms with Gasteiger partial charge in [0.25, 0.3) is 5.91 Å². The third kappa shape index (κ3) is 3.62. The minimum Gasteiger partial charge on any atom is -0.503 e. The second kappa shape index (κ2) is 8.61. The number of hydrogen-bond acceptors (Lipinski definition) is 9. The highest BCUT2D eigenvalue weighted by molar-refractivity contribution is 7.22. The number of thiazole rings is 2. The van der Waals surface area contributed by atoms with Crippen molar-refractivity contribution in [3.05, 3.63) is 67.0 Å². The number of Topliss-reactive ketones (excluding diaryl/α,β-unsaturated/α-hetero) is 1. The van der Waals surface area contributed by atoms with Gasteiger partial charge in [-0.3, -0.25) is 14.5 Å². The molecule has 1 aromatic carbocycles. The molecule has 3 aromatic heterocycles. The van der Waals surface area contributed by atoms with E-state index in [1.165, 1.54) is 38.9 Å². The summed E-state index contributed by atoms with van der Waals surface area (Å²) >= 11 is 4.03. The first-order valence-electron chi connectivity index (χ1n) is 10.6. The van der Waals surface area contributed by atoms with Crippen LogP contribution in [0.3, 0.4) is 0 Å². The summed E-state index contributed by atoms with van der Waals surface area (Å²) in [6.07, 6.45) is 0. The molecule has 1 aliphatic heterocycles. The number of aliphatic hydroxyl groups is 1. The molecule has 4 heterocycles. The summed E-state index contributed by atoms with van der Waals surface area (Å²) in [6.45, 7) is 7.98. The van der Waals surface area contributed by atoms with Crippen LogP contribution in [-0.2, 0) is 4.79 Å². The minimum absolute atomic E-state index is 0.0663. The van der Waals surface area contributed by atoms with Crippen LogP contribution in [0.15, 0.2) is 41.0 Å². The Balaban J connectivity index is 1.65. The van der Waals surface area contributed by atoms with E-state index in [9.17, 15) is 14.7 Å². The van der Waals surface area contributed by atoms with Crippen LogP contribution in [0.25, 0.3) is 10.2 Å². The minimum atomic E-state index is -0.770. The summed E-state index contributed by atoms with van der Waals surface area (Å²) < 4.78 is 6.45. The van der Waals surface area contributed by atoms with Gasteiger partial charge >= 0.3 is 0 Å². The predicted octanol–water partition coefficient (Wildman–Crippen LogP) is 5.92. The summed E-state index contributed by atoms with van der Waals surface area (Å²) in [5.74, 6) is -0.836. The lowest BCUT2D eigenvalue weighted by Crippen LogP contribution is -2.30. The number of aryl methyl sites for hydroxylation is 3. The zero-order chi connectivity index (χ0) is 24.1. The second-order valence-electron chi connectivity index (χ2n) is 7.84. The number of fused-ring (bicyclic) bond motifs is 1. The Labute approximate surface area is 208 Å². The van der Waals surface area contributed by atoms with E-state index >= 15 is 0 Å². The molecule has 1 amide bonds. The van der Waals surface area contributed by atoms with Crippen LogP contribution in [-0.4, -0.2) is 33.4 Å². The van der Waals surface area contributed by atoms with Gasteiger partial charge in [0.1, 0.15) is 11.8 Å². The van der Waals surface area contributed by atoms with Gasteiger partial charge in [0.05, 0.1) is 38.0 Å². The summed E-state index contributed by atoms with van der Waals surface area (Å²) in [7, 11) is 0. The number of amides is 1. The van der Waals surface area contributed by atoms with Crippen molar-refractivity contribution in [1.29, 1.82) is 0 Å². The fourth-order valence-electron chi connectivity index (χ4n) is 4.06. The summed E-state index contributed by atoms with van der Waals surface area (Å²) in [5.41, 5.74) is 2.30. The monoisotopic (exact) mass is 511 g/mol. The predicted molar refractivity (Wildman–Crippen MR) is 136 cm³/mol. The number of carbonyl (C=O) groups excluding carboxylic acids is 2. The number of aliphatic hydroxyl groups excluding tert-OH is 1. The number of nitrogens with zero attached hydrogens (tertiary/aromatic N) is 3. The maximum Gasteiger partial charge on any atom is 0.296 e. The lowest BCUT2D eigenvalue weighted by atomic mass is 9.99. The molecule has 5 rings (SSSR count). The maximum atomic E-state index is 13.7. The first-order chi connectivity index (χ1) is 16.3. The van der Waals surface area contributed by atoms with Crippen LogP contribution in [0.1, 0.15) is 43.8 Å². The SMILES string of the molecule is CCOc1ccc2nc(N3C(=O)C(O)=C(C(=O)c4sc(C)nc4C)C3c3sccc3C)sc2c1. The van der Waals surface area contributed by atoms with E-state index in [1.807, 2.05) is 50.4 Å². The second-order valence-corrected chi connectivity index (χ2v) is 11.0. The van der Waals surface area contributed by atoms with Gasteiger partial charge < -0.3 is 9.84 Å². The molecule has 4 aromatic rings.